The first kappa shape index (κ1) is 12.0. The Morgan fingerprint density at radius 3 is 2.37 bits per heavy atom. The van der Waals surface area contributed by atoms with Gasteiger partial charge in [0.1, 0.15) is 0 Å². The number of hydrogen-bond acceptors (Lipinski definition) is 1. The molecule has 0 aromatic heterocycles. The van der Waals surface area contributed by atoms with Crippen LogP contribution in [0.3, 0.4) is 0 Å². The van der Waals surface area contributed by atoms with Crippen molar-refractivity contribution in [3.8, 4) is 0 Å². The third-order valence-electron chi connectivity index (χ3n) is 6.07. The zero-order chi connectivity index (χ0) is 13.3. The van der Waals surface area contributed by atoms with Gasteiger partial charge < -0.3 is 5.73 Å². The molecule has 5 rings (SSSR count). The molecule has 1 nitrogen and oxygen atoms in total. The average molecular weight is 255 g/mol. The summed E-state index contributed by atoms with van der Waals surface area (Å²) in [6.45, 7) is 4.51. The molecule has 1 aromatic carbocycles. The molecule has 4 aliphatic rings. The van der Waals surface area contributed by atoms with Gasteiger partial charge in [-0.15, -0.1) is 0 Å². The molecule has 4 saturated carbocycles. The highest BCUT2D eigenvalue weighted by molar-refractivity contribution is 5.39. The smallest absolute Gasteiger partial charge is 0.0168 e. The Kier molecular flexibility index (Phi) is 2.29. The second kappa shape index (κ2) is 3.63. The molecule has 2 atom stereocenters. The molecule has 0 aliphatic heterocycles. The minimum atomic E-state index is 0.153. The van der Waals surface area contributed by atoms with E-state index >= 15 is 0 Å². The van der Waals surface area contributed by atoms with Crippen LogP contribution in [-0.4, -0.2) is 5.54 Å². The van der Waals surface area contributed by atoms with Gasteiger partial charge in [0.25, 0.3) is 0 Å². The highest BCUT2D eigenvalue weighted by Gasteiger charge is 2.56. The normalized spacial score (nSPS) is 43.7. The van der Waals surface area contributed by atoms with E-state index in [1.165, 1.54) is 49.7 Å². The topological polar surface area (TPSA) is 26.0 Å². The van der Waals surface area contributed by atoms with Crippen LogP contribution in [0.5, 0.6) is 0 Å². The van der Waals surface area contributed by atoms with Crippen LogP contribution in [0.4, 0.5) is 0 Å². The van der Waals surface area contributed by atoms with Crippen molar-refractivity contribution < 1.29 is 0 Å². The van der Waals surface area contributed by atoms with E-state index in [1.807, 2.05) is 0 Å². The molecule has 19 heavy (non-hydrogen) atoms. The van der Waals surface area contributed by atoms with Crippen LogP contribution in [0, 0.1) is 25.7 Å². The summed E-state index contributed by atoms with van der Waals surface area (Å²) in [5.41, 5.74) is 11.8. The summed E-state index contributed by atoms with van der Waals surface area (Å²) in [7, 11) is 0. The van der Waals surface area contributed by atoms with Gasteiger partial charge in [-0.25, -0.2) is 0 Å². The van der Waals surface area contributed by atoms with E-state index < -0.39 is 0 Å². The van der Waals surface area contributed by atoms with Crippen LogP contribution in [0.2, 0.25) is 0 Å². The van der Waals surface area contributed by atoms with Crippen LogP contribution < -0.4 is 5.73 Å². The first-order chi connectivity index (χ1) is 8.98. The van der Waals surface area contributed by atoms with Gasteiger partial charge in [-0.1, -0.05) is 23.8 Å². The van der Waals surface area contributed by atoms with Crippen molar-refractivity contribution in [3.63, 3.8) is 0 Å². The average Bonchev–Trinajstić information content (AvgIpc) is 2.29. The summed E-state index contributed by atoms with van der Waals surface area (Å²) in [6.07, 6.45) is 8.05. The Bertz CT molecular complexity index is 516. The number of nitrogens with two attached hydrogens (primary N) is 1. The molecule has 0 radical (unpaired) electrons. The Hall–Kier alpha value is -0.820. The summed E-state index contributed by atoms with van der Waals surface area (Å²) in [5.74, 6) is 1.79. The maximum absolute atomic E-state index is 6.73. The maximum Gasteiger partial charge on any atom is 0.0168 e. The van der Waals surface area contributed by atoms with E-state index in [0.29, 0.717) is 5.41 Å². The Balaban J connectivity index is 1.83. The third-order valence-corrected chi connectivity index (χ3v) is 6.07. The lowest BCUT2D eigenvalue weighted by molar-refractivity contribution is -0.0229. The number of rotatable bonds is 1. The lowest BCUT2D eigenvalue weighted by Crippen LogP contribution is -2.61. The highest BCUT2D eigenvalue weighted by Crippen LogP contribution is 2.61. The molecular formula is C18H25N. The second-order valence-electron chi connectivity index (χ2n) is 7.92. The molecule has 0 saturated heterocycles. The van der Waals surface area contributed by atoms with Gasteiger partial charge in [-0.3, -0.25) is 0 Å². The van der Waals surface area contributed by atoms with Crippen molar-refractivity contribution in [2.24, 2.45) is 17.6 Å². The molecule has 2 unspecified atom stereocenters. The van der Waals surface area contributed by atoms with Crippen molar-refractivity contribution in [2.75, 3.05) is 0 Å². The number of hydrogen-bond donors (Lipinski definition) is 1. The van der Waals surface area contributed by atoms with Gasteiger partial charge in [0, 0.05) is 5.54 Å². The van der Waals surface area contributed by atoms with E-state index in [0.717, 1.165) is 11.8 Å². The zero-order valence-electron chi connectivity index (χ0n) is 12.2. The predicted octanol–water partition coefficient (Wildman–Crippen LogP) is 3.85. The number of aryl methyl sites for hydroxylation is 2. The van der Waals surface area contributed by atoms with Gasteiger partial charge in [-0.05, 0) is 80.8 Å². The van der Waals surface area contributed by atoms with E-state index in [-0.39, 0.29) is 5.54 Å². The fourth-order valence-electron chi connectivity index (χ4n) is 5.96. The molecule has 1 heteroatoms. The minimum absolute atomic E-state index is 0.153. The van der Waals surface area contributed by atoms with Crippen molar-refractivity contribution >= 4 is 0 Å². The SMILES string of the molecule is Cc1ccc(C)c(C23CC4CC(CC(N)(C4)C2)C3)c1. The van der Waals surface area contributed by atoms with Crippen LogP contribution in [0.15, 0.2) is 18.2 Å². The van der Waals surface area contributed by atoms with Gasteiger partial charge in [-0.2, -0.15) is 0 Å². The monoisotopic (exact) mass is 255 g/mol. The van der Waals surface area contributed by atoms with E-state index in [9.17, 15) is 0 Å². The molecule has 0 heterocycles. The summed E-state index contributed by atoms with van der Waals surface area (Å²) < 4.78 is 0. The largest absolute Gasteiger partial charge is 0.325 e. The first-order valence-corrected chi connectivity index (χ1v) is 7.85. The molecular weight excluding hydrogens is 230 g/mol. The standard InChI is InChI=1S/C18H25N/c1-12-3-4-13(2)16(5-12)17-7-14-6-15(8-17)10-18(19,9-14)11-17/h3-5,14-15H,6-11,19H2,1-2H3. The Morgan fingerprint density at radius 1 is 1.05 bits per heavy atom. The van der Waals surface area contributed by atoms with Crippen LogP contribution in [0.1, 0.15) is 55.2 Å². The van der Waals surface area contributed by atoms with Crippen molar-refractivity contribution in [3.05, 3.63) is 34.9 Å². The first-order valence-electron chi connectivity index (χ1n) is 7.85. The number of benzene rings is 1. The second-order valence-corrected chi connectivity index (χ2v) is 7.92. The fourth-order valence-corrected chi connectivity index (χ4v) is 5.96. The van der Waals surface area contributed by atoms with Crippen LogP contribution >= 0.6 is 0 Å². The van der Waals surface area contributed by atoms with Gasteiger partial charge in [0.15, 0.2) is 0 Å². The molecule has 2 N–H and O–H groups in total. The van der Waals surface area contributed by atoms with Crippen LogP contribution in [0.25, 0.3) is 0 Å². The summed E-state index contributed by atoms with van der Waals surface area (Å²) in [6, 6.07) is 7.01. The third kappa shape index (κ3) is 1.71. The highest BCUT2D eigenvalue weighted by atomic mass is 14.8. The summed E-state index contributed by atoms with van der Waals surface area (Å²) in [4.78, 5) is 0. The quantitative estimate of drug-likeness (QED) is 0.810. The van der Waals surface area contributed by atoms with Crippen LogP contribution in [-0.2, 0) is 5.41 Å². The minimum Gasteiger partial charge on any atom is -0.325 e. The molecule has 4 bridgehead atoms. The van der Waals surface area contributed by atoms with Gasteiger partial charge in [0.05, 0.1) is 0 Å². The Morgan fingerprint density at radius 2 is 1.74 bits per heavy atom. The Labute approximate surface area is 116 Å². The molecule has 0 amide bonds. The van der Waals surface area contributed by atoms with Gasteiger partial charge >= 0.3 is 0 Å². The van der Waals surface area contributed by atoms with E-state index in [1.54, 1.807) is 5.56 Å². The lowest BCUT2D eigenvalue weighted by atomic mass is 9.45. The van der Waals surface area contributed by atoms with Crippen molar-refractivity contribution in [1.29, 1.82) is 0 Å². The zero-order valence-corrected chi connectivity index (χ0v) is 12.2. The summed E-state index contributed by atoms with van der Waals surface area (Å²) in [5, 5.41) is 0. The molecule has 102 valence electrons. The molecule has 4 fully saturated rings. The van der Waals surface area contributed by atoms with Gasteiger partial charge in [0.2, 0.25) is 0 Å². The van der Waals surface area contributed by atoms with E-state index in [2.05, 4.69) is 32.0 Å². The fraction of sp³-hybridized carbons (Fsp3) is 0.667. The lowest BCUT2D eigenvalue weighted by Gasteiger charge is -2.61. The molecule has 4 aliphatic carbocycles. The molecule has 0 spiro atoms. The van der Waals surface area contributed by atoms with Crippen molar-refractivity contribution in [2.45, 2.75) is 63.3 Å². The van der Waals surface area contributed by atoms with Crippen molar-refractivity contribution in [1.82, 2.24) is 0 Å². The predicted molar refractivity (Wildman–Crippen MR) is 79.2 cm³/mol. The summed E-state index contributed by atoms with van der Waals surface area (Å²) >= 11 is 0. The molecule has 1 aromatic rings. The van der Waals surface area contributed by atoms with E-state index in [4.69, 9.17) is 5.73 Å². The maximum atomic E-state index is 6.73.